The molecule has 0 aliphatic carbocycles. The molecule has 4 heteroatoms. The van der Waals surface area contributed by atoms with Crippen LogP contribution in [0.1, 0.15) is 11.1 Å². The average molecular weight is 293 g/mol. The van der Waals surface area contributed by atoms with E-state index in [4.69, 9.17) is 11.6 Å². The van der Waals surface area contributed by atoms with Crippen LogP contribution in [0.3, 0.4) is 0 Å². The number of hydrogen-bond acceptors (Lipinski definition) is 3. The molecule has 1 heterocycles. The monoisotopic (exact) mass is 292 g/mol. The molecule has 0 fully saturated rings. The molecule has 0 unspecified atom stereocenters. The van der Waals surface area contributed by atoms with Crippen LogP contribution in [0.25, 0.3) is 0 Å². The fourth-order valence-corrected chi connectivity index (χ4v) is 2.86. The smallest absolute Gasteiger partial charge is 0.0446 e. The summed E-state index contributed by atoms with van der Waals surface area (Å²) >= 11 is 8.00. The second-order valence-electron chi connectivity index (χ2n) is 4.18. The number of rotatable bonds is 7. The van der Waals surface area contributed by atoms with Gasteiger partial charge in [-0.1, -0.05) is 35.9 Å². The van der Waals surface area contributed by atoms with E-state index >= 15 is 0 Å². The number of nitrogens with zero attached hydrogens (tertiary/aromatic N) is 1. The van der Waals surface area contributed by atoms with Gasteiger partial charge in [-0.2, -0.15) is 11.8 Å². The van der Waals surface area contributed by atoms with Crippen molar-refractivity contribution in [2.24, 2.45) is 0 Å². The highest BCUT2D eigenvalue weighted by molar-refractivity contribution is 7.98. The van der Waals surface area contributed by atoms with Crippen LogP contribution in [0.2, 0.25) is 5.02 Å². The normalized spacial score (nSPS) is 10.6. The first-order chi connectivity index (χ1) is 9.36. The predicted octanol–water partition coefficient (Wildman–Crippen LogP) is 3.76. The Bertz CT molecular complexity index is 491. The van der Waals surface area contributed by atoms with Crippen molar-refractivity contribution in [3.63, 3.8) is 0 Å². The minimum atomic E-state index is 0.860. The SMILES string of the molecule is Clc1ccccc1CSCCNCc1cccnc1. The standard InChI is InChI=1S/C15H17ClN2S/c16-15-6-2-1-5-14(15)12-19-9-8-18-11-13-4-3-7-17-10-13/h1-7,10,18H,8-9,11-12H2. The lowest BCUT2D eigenvalue weighted by molar-refractivity contribution is 0.729. The maximum Gasteiger partial charge on any atom is 0.0446 e. The van der Waals surface area contributed by atoms with Crippen molar-refractivity contribution in [2.75, 3.05) is 12.3 Å². The zero-order valence-electron chi connectivity index (χ0n) is 10.7. The van der Waals surface area contributed by atoms with Gasteiger partial charge in [0.2, 0.25) is 0 Å². The van der Waals surface area contributed by atoms with E-state index in [0.29, 0.717) is 0 Å². The first kappa shape index (κ1) is 14.4. The van der Waals surface area contributed by atoms with E-state index < -0.39 is 0 Å². The van der Waals surface area contributed by atoms with Crippen LogP contribution in [-0.2, 0) is 12.3 Å². The maximum atomic E-state index is 6.11. The van der Waals surface area contributed by atoms with E-state index in [9.17, 15) is 0 Å². The molecule has 0 atom stereocenters. The highest BCUT2D eigenvalue weighted by atomic mass is 35.5. The fraction of sp³-hybridized carbons (Fsp3) is 0.267. The van der Waals surface area contributed by atoms with Gasteiger partial charge in [-0.05, 0) is 23.3 Å². The summed E-state index contributed by atoms with van der Waals surface area (Å²) in [5, 5.41) is 4.27. The molecule has 0 saturated heterocycles. The summed E-state index contributed by atoms with van der Waals surface area (Å²) in [6.07, 6.45) is 3.69. The van der Waals surface area contributed by atoms with Gasteiger partial charge in [0, 0.05) is 42.0 Å². The number of pyridine rings is 1. The van der Waals surface area contributed by atoms with Crippen molar-refractivity contribution >= 4 is 23.4 Å². The highest BCUT2D eigenvalue weighted by Gasteiger charge is 1.98. The van der Waals surface area contributed by atoms with Crippen LogP contribution in [0.15, 0.2) is 48.8 Å². The number of benzene rings is 1. The average Bonchev–Trinajstić information content (AvgIpc) is 2.45. The van der Waals surface area contributed by atoms with Crippen molar-refractivity contribution in [1.29, 1.82) is 0 Å². The van der Waals surface area contributed by atoms with Crippen LogP contribution in [0.5, 0.6) is 0 Å². The van der Waals surface area contributed by atoms with Gasteiger partial charge >= 0.3 is 0 Å². The molecule has 1 aromatic carbocycles. The summed E-state index contributed by atoms with van der Waals surface area (Å²) in [6.45, 7) is 1.87. The summed E-state index contributed by atoms with van der Waals surface area (Å²) in [6, 6.07) is 12.1. The molecule has 2 nitrogen and oxygen atoms in total. The predicted molar refractivity (Wildman–Crippen MR) is 83.6 cm³/mol. The minimum Gasteiger partial charge on any atom is -0.312 e. The maximum absolute atomic E-state index is 6.11. The van der Waals surface area contributed by atoms with E-state index in [1.807, 2.05) is 42.2 Å². The molecule has 19 heavy (non-hydrogen) atoms. The van der Waals surface area contributed by atoms with Crippen molar-refractivity contribution < 1.29 is 0 Å². The van der Waals surface area contributed by atoms with Gasteiger partial charge in [0.05, 0.1) is 0 Å². The molecule has 100 valence electrons. The summed E-state index contributed by atoms with van der Waals surface area (Å²) in [7, 11) is 0. The second-order valence-corrected chi connectivity index (χ2v) is 5.69. The van der Waals surface area contributed by atoms with E-state index in [-0.39, 0.29) is 0 Å². The first-order valence-corrected chi connectivity index (χ1v) is 7.80. The lowest BCUT2D eigenvalue weighted by Gasteiger charge is -2.06. The molecule has 2 rings (SSSR count). The number of nitrogens with one attached hydrogen (secondary N) is 1. The summed E-state index contributed by atoms with van der Waals surface area (Å²) in [5.41, 5.74) is 2.43. The molecule has 2 aromatic rings. The molecule has 0 amide bonds. The van der Waals surface area contributed by atoms with Crippen LogP contribution < -0.4 is 5.32 Å². The largest absolute Gasteiger partial charge is 0.312 e. The number of hydrogen-bond donors (Lipinski definition) is 1. The van der Waals surface area contributed by atoms with Gasteiger partial charge in [-0.25, -0.2) is 0 Å². The Morgan fingerprint density at radius 3 is 2.84 bits per heavy atom. The van der Waals surface area contributed by atoms with E-state index in [2.05, 4.69) is 22.4 Å². The molecule has 1 aromatic heterocycles. The Morgan fingerprint density at radius 2 is 2.05 bits per heavy atom. The Morgan fingerprint density at radius 1 is 1.16 bits per heavy atom. The van der Waals surface area contributed by atoms with Gasteiger partial charge < -0.3 is 5.32 Å². The van der Waals surface area contributed by atoms with Gasteiger partial charge in [-0.3, -0.25) is 4.98 Å². The molecular formula is C15H17ClN2S. The van der Waals surface area contributed by atoms with Crippen LogP contribution in [0.4, 0.5) is 0 Å². The zero-order chi connectivity index (χ0) is 13.3. The highest BCUT2D eigenvalue weighted by Crippen LogP contribution is 2.20. The van der Waals surface area contributed by atoms with E-state index in [0.717, 1.165) is 29.6 Å². The van der Waals surface area contributed by atoms with Gasteiger partial charge in [0.1, 0.15) is 0 Å². The van der Waals surface area contributed by atoms with E-state index in [1.54, 1.807) is 6.20 Å². The number of aromatic nitrogens is 1. The lowest BCUT2D eigenvalue weighted by atomic mass is 10.2. The molecular weight excluding hydrogens is 276 g/mol. The molecule has 0 aliphatic heterocycles. The Kier molecular flexibility index (Phi) is 6.21. The molecule has 1 N–H and O–H groups in total. The van der Waals surface area contributed by atoms with Gasteiger partial charge in [0.25, 0.3) is 0 Å². The zero-order valence-corrected chi connectivity index (χ0v) is 12.3. The second kappa shape index (κ2) is 8.20. The van der Waals surface area contributed by atoms with Crippen LogP contribution >= 0.6 is 23.4 Å². The van der Waals surface area contributed by atoms with Crippen molar-refractivity contribution in [3.05, 3.63) is 64.9 Å². The summed E-state index contributed by atoms with van der Waals surface area (Å²) in [4.78, 5) is 4.09. The van der Waals surface area contributed by atoms with Crippen molar-refractivity contribution in [3.8, 4) is 0 Å². The third-order valence-corrected chi connectivity index (χ3v) is 4.07. The molecule has 0 saturated carbocycles. The lowest BCUT2D eigenvalue weighted by Crippen LogP contribution is -2.16. The van der Waals surface area contributed by atoms with Crippen LogP contribution in [0, 0.1) is 0 Å². The van der Waals surface area contributed by atoms with Gasteiger partial charge in [-0.15, -0.1) is 0 Å². The van der Waals surface area contributed by atoms with Crippen LogP contribution in [-0.4, -0.2) is 17.3 Å². The van der Waals surface area contributed by atoms with Crippen molar-refractivity contribution in [2.45, 2.75) is 12.3 Å². The number of thioether (sulfide) groups is 1. The summed E-state index contributed by atoms with van der Waals surface area (Å²) < 4.78 is 0. The molecule has 0 radical (unpaired) electrons. The molecule has 0 bridgehead atoms. The van der Waals surface area contributed by atoms with E-state index in [1.165, 1.54) is 11.1 Å². The third-order valence-electron chi connectivity index (χ3n) is 2.69. The minimum absolute atomic E-state index is 0.860. The molecule has 0 spiro atoms. The van der Waals surface area contributed by atoms with Crippen molar-refractivity contribution in [1.82, 2.24) is 10.3 Å². The Balaban J connectivity index is 1.59. The Hall–Kier alpha value is -1.03. The van der Waals surface area contributed by atoms with Gasteiger partial charge in [0.15, 0.2) is 0 Å². The fourth-order valence-electron chi connectivity index (χ4n) is 1.68. The Labute approximate surface area is 123 Å². The molecule has 0 aliphatic rings. The summed E-state index contributed by atoms with van der Waals surface area (Å²) in [5.74, 6) is 2.04. The topological polar surface area (TPSA) is 24.9 Å². The number of halogens is 1. The quantitative estimate of drug-likeness (QED) is 0.787. The third kappa shape index (κ3) is 5.23. The first-order valence-electron chi connectivity index (χ1n) is 6.27.